The molecule has 0 bridgehead atoms. The highest BCUT2D eigenvalue weighted by molar-refractivity contribution is 9.09. The quantitative estimate of drug-likeness (QED) is 0.800. The number of carbonyl (C=O) groups excluding carboxylic acids is 1. The molecule has 0 spiro atoms. The highest BCUT2D eigenvalue weighted by Gasteiger charge is 2.25. The normalized spacial score (nSPS) is 19.0. The Bertz CT molecular complexity index is 422. The van der Waals surface area contributed by atoms with E-state index in [0.29, 0.717) is 12.3 Å². The molecule has 0 radical (unpaired) electrons. The van der Waals surface area contributed by atoms with Gasteiger partial charge in [0.15, 0.2) is 0 Å². The zero-order chi connectivity index (χ0) is 13.0. The van der Waals surface area contributed by atoms with E-state index in [-0.39, 0.29) is 5.91 Å². The molecule has 1 atom stereocenters. The summed E-state index contributed by atoms with van der Waals surface area (Å²) in [7, 11) is 1.64. The topological polar surface area (TPSA) is 29.5 Å². The lowest BCUT2D eigenvalue weighted by Gasteiger charge is -2.17. The van der Waals surface area contributed by atoms with Crippen molar-refractivity contribution in [2.45, 2.75) is 12.8 Å². The summed E-state index contributed by atoms with van der Waals surface area (Å²) in [5.41, 5.74) is 0.965. The van der Waals surface area contributed by atoms with Crippen LogP contribution < -0.4 is 4.74 Å². The number of carbonyl (C=O) groups is 1. The van der Waals surface area contributed by atoms with Crippen molar-refractivity contribution in [1.82, 2.24) is 4.90 Å². The van der Waals surface area contributed by atoms with Gasteiger partial charge in [0.05, 0.1) is 13.5 Å². The first-order chi connectivity index (χ1) is 8.74. The van der Waals surface area contributed by atoms with E-state index in [0.717, 1.165) is 36.2 Å². The maximum Gasteiger partial charge on any atom is 0.227 e. The SMILES string of the molecule is COc1ccccc1CC(=O)N1CCC(CBr)C1. The maximum absolute atomic E-state index is 12.2. The fraction of sp³-hybridized carbons (Fsp3) is 0.500. The Balaban J connectivity index is 1.99. The molecule has 1 amide bonds. The van der Waals surface area contributed by atoms with Crippen LogP contribution in [0, 0.1) is 5.92 Å². The Morgan fingerprint density at radius 3 is 2.94 bits per heavy atom. The Morgan fingerprint density at radius 2 is 2.28 bits per heavy atom. The molecule has 0 saturated carbocycles. The molecule has 18 heavy (non-hydrogen) atoms. The fourth-order valence-electron chi connectivity index (χ4n) is 2.31. The van der Waals surface area contributed by atoms with Crippen LogP contribution in [0.3, 0.4) is 0 Å². The average molecular weight is 312 g/mol. The van der Waals surface area contributed by atoms with E-state index < -0.39 is 0 Å². The number of ether oxygens (including phenoxy) is 1. The molecule has 1 saturated heterocycles. The summed E-state index contributed by atoms with van der Waals surface area (Å²) in [6.07, 6.45) is 1.53. The summed E-state index contributed by atoms with van der Waals surface area (Å²) in [6.45, 7) is 1.75. The van der Waals surface area contributed by atoms with Gasteiger partial charge in [0, 0.05) is 24.0 Å². The van der Waals surface area contributed by atoms with Gasteiger partial charge in [0.2, 0.25) is 5.91 Å². The third-order valence-corrected chi connectivity index (χ3v) is 4.31. The lowest BCUT2D eigenvalue weighted by molar-refractivity contribution is -0.129. The number of alkyl halides is 1. The van der Waals surface area contributed by atoms with E-state index in [4.69, 9.17) is 4.74 Å². The maximum atomic E-state index is 12.2. The van der Waals surface area contributed by atoms with Crippen molar-refractivity contribution < 1.29 is 9.53 Å². The van der Waals surface area contributed by atoms with Crippen molar-refractivity contribution in [3.8, 4) is 5.75 Å². The van der Waals surface area contributed by atoms with Gasteiger partial charge in [-0.3, -0.25) is 4.79 Å². The molecule has 4 heteroatoms. The standard InChI is InChI=1S/C14H18BrNO2/c1-18-13-5-3-2-4-12(13)8-14(17)16-7-6-11(9-15)10-16/h2-5,11H,6-10H2,1H3. The molecular formula is C14H18BrNO2. The van der Waals surface area contributed by atoms with Crippen molar-refractivity contribution in [2.24, 2.45) is 5.92 Å². The van der Waals surface area contributed by atoms with E-state index in [2.05, 4.69) is 15.9 Å². The van der Waals surface area contributed by atoms with Crippen molar-refractivity contribution in [3.05, 3.63) is 29.8 Å². The van der Waals surface area contributed by atoms with Crippen molar-refractivity contribution in [1.29, 1.82) is 0 Å². The second-order valence-electron chi connectivity index (χ2n) is 4.64. The van der Waals surface area contributed by atoms with Gasteiger partial charge in [-0.25, -0.2) is 0 Å². The van der Waals surface area contributed by atoms with Crippen LogP contribution in [-0.4, -0.2) is 36.3 Å². The smallest absolute Gasteiger partial charge is 0.227 e. The number of likely N-dealkylation sites (tertiary alicyclic amines) is 1. The summed E-state index contributed by atoms with van der Waals surface area (Å²) in [6, 6.07) is 7.71. The summed E-state index contributed by atoms with van der Waals surface area (Å²) < 4.78 is 5.27. The van der Waals surface area contributed by atoms with Gasteiger partial charge >= 0.3 is 0 Å². The van der Waals surface area contributed by atoms with Crippen LogP contribution in [-0.2, 0) is 11.2 Å². The molecule has 0 N–H and O–H groups in total. The molecule has 1 aliphatic rings. The van der Waals surface area contributed by atoms with Gasteiger partial charge < -0.3 is 9.64 Å². The first-order valence-electron chi connectivity index (χ1n) is 6.20. The summed E-state index contributed by atoms with van der Waals surface area (Å²) in [5.74, 6) is 1.59. The zero-order valence-electron chi connectivity index (χ0n) is 10.6. The van der Waals surface area contributed by atoms with E-state index >= 15 is 0 Å². The fourth-order valence-corrected chi connectivity index (χ4v) is 2.84. The number of para-hydroxylation sites is 1. The molecule has 3 nitrogen and oxygen atoms in total. The predicted octanol–water partition coefficient (Wildman–Crippen LogP) is 2.48. The Kier molecular flexibility index (Phi) is 4.64. The lowest BCUT2D eigenvalue weighted by Crippen LogP contribution is -2.30. The predicted molar refractivity (Wildman–Crippen MR) is 75.2 cm³/mol. The van der Waals surface area contributed by atoms with E-state index in [1.165, 1.54) is 0 Å². The number of halogens is 1. The largest absolute Gasteiger partial charge is 0.496 e. The van der Waals surface area contributed by atoms with Crippen LogP contribution >= 0.6 is 15.9 Å². The summed E-state index contributed by atoms with van der Waals surface area (Å²) in [5, 5.41) is 0.978. The van der Waals surface area contributed by atoms with E-state index in [1.807, 2.05) is 29.2 Å². The highest BCUT2D eigenvalue weighted by atomic mass is 79.9. The molecular weight excluding hydrogens is 294 g/mol. The molecule has 2 rings (SSSR count). The average Bonchev–Trinajstić information content (AvgIpc) is 2.88. The minimum atomic E-state index is 0.197. The molecule has 1 aromatic rings. The minimum Gasteiger partial charge on any atom is -0.496 e. The lowest BCUT2D eigenvalue weighted by atomic mass is 10.1. The van der Waals surface area contributed by atoms with Gasteiger partial charge in [-0.2, -0.15) is 0 Å². The number of hydrogen-bond donors (Lipinski definition) is 0. The molecule has 1 fully saturated rings. The summed E-state index contributed by atoms with van der Waals surface area (Å²) >= 11 is 3.48. The van der Waals surface area contributed by atoms with Gasteiger partial charge in [-0.1, -0.05) is 34.1 Å². The Hall–Kier alpha value is -1.03. The number of hydrogen-bond acceptors (Lipinski definition) is 2. The first kappa shape index (κ1) is 13.4. The molecule has 1 unspecified atom stereocenters. The monoisotopic (exact) mass is 311 g/mol. The van der Waals surface area contributed by atoms with Crippen molar-refractivity contribution in [3.63, 3.8) is 0 Å². The minimum absolute atomic E-state index is 0.197. The van der Waals surface area contributed by atoms with Crippen LogP contribution in [0.4, 0.5) is 0 Å². The second kappa shape index (κ2) is 6.23. The third kappa shape index (κ3) is 3.05. The third-order valence-electron chi connectivity index (χ3n) is 3.39. The van der Waals surface area contributed by atoms with Crippen LogP contribution in [0.25, 0.3) is 0 Å². The zero-order valence-corrected chi connectivity index (χ0v) is 12.1. The molecule has 0 aliphatic carbocycles. The van der Waals surface area contributed by atoms with Crippen LogP contribution in [0.2, 0.25) is 0 Å². The molecule has 1 aromatic carbocycles. The van der Waals surface area contributed by atoms with E-state index in [9.17, 15) is 4.79 Å². The molecule has 1 aliphatic heterocycles. The molecule has 1 heterocycles. The van der Waals surface area contributed by atoms with Crippen molar-refractivity contribution in [2.75, 3.05) is 25.5 Å². The summed E-state index contributed by atoms with van der Waals surface area (Å²) in [4.78, 5) is 14.2. The number of rotatable bonds is 4. The van der Waals surface area contributed by atoms with Crippen LogP contribution in [0.1, 0.15) is 12.0 Å². The Labute approximate surface area is 116 Å². The van der Waals surface area contributed by atoms with Crippen LogP contribution in [0.5, 0.6) is 5.75 Å². The highest BCUT2D eigenvalue weighted by Crippen LogP contribution is 2.22. The van der Waals surface area contributed by atoms with Gasteiger partial charge in [0.25, 0.3) is 0 Å². The van der Waals surface area contributed by atoms with Gasteiger partial charge in [-0.15, -0.1) is 0 Å². The first-order valence-corrected chi connectivity index (χ1v) is 7.32. The van der Waals surface area contributed by atoms with Crippen LogP contribution in [0.15, 0.2) is 24.3 Å². The number of benzene rings is 1. The number of methoxy groups -OCH3 is 1. The van der Waals surface area contributed by atoms with Gasteiger partial charge in [-0.05, 0) is 18.4 Å². The Morgan fingerprint density at radius 1 is 1.50 bits per heavy atom. The number of nitrogens with zero attached hydrogens (tertiary/aromatic N) is 1. The van der Waals surface area contributed by atoms with E-state index in [1.54, 1.807) is 7.11 Å². The molecule has 0 aromatic heterocycles. The molecule has 98 valence electrons. The van der Waals surface area contributed by atoms with Crippen molar-refractivity contribution >= 4 is 21.8 Å². The van der Waals surface area contributed by atoms with Gasteiger partial charge in [0.1, 0.15) is 5.75 Å². The number of amides is 1. The second-order valence-corrected chi connectivity index (χ2v) is 5.28.